The van der Waals surface area contributed by atoms with E-state index in [-0.39, 0.29) is 11.1 Å². The first-order valence-corrected chi connectivity index (χ1v) is 10.4. The van der Waals surface area contributed by atoms with Crippen molar-refractivity contribution in [1.82, 2.24) is 0 Å². The van der Waals surface area contributed by atoms with Crippen LogP contribution in [-0.4, -0.2) is 20.3 Å². The fraction of sp³-hybridized carbons (Fsp3) is 0.471. The first kappa shape index (κ1) is 17.5. The zero-order chi connectivity index (χ0) is 16.1. The first-order chi connectivity index (χ1) is 9.62. The molecule has 0 aliphatic carbocycles. The summed E-state index contributed by atoms with van der Waals surface area (Å²) < 4.78 is 5.35. The molecule has 4 heteroatoms. The van der Waals surface area contributed by atoms with Crippen molar-refractivity contribution in [2.45, 2.75) is 51.9 Å². The number of carbonyl (C=O) groups is 1. The molecule has 0 fully saturated rings. The van der Waals surface area contributed by atoms with Gasteiger partial charge in [-0.2, -0.15) is 0 Å². The third-order valence-electron chi connectivity index (χ3n) is 4.03. The molecule has 21 heavy (non-hydrogen) atoms. The Hall–Kier alpha value is -1.55. The molecule has 0 saturated heterocycles. The van der Waals surface area contributed by atoms with Crippen LogP contribution >= 0.6 is 0 Å². The van der Waals surface area contributed by atoms with E-state index < -0.39 is 14.2 Å². The fourth-order valence-electron chi connectivity index (χ4n) is 1.50. The normalized spacial score (nSPS) is 14.0. The summed E-state index contributed by atoms with van der Waals surface area (Å²) in [6.45, 7) is 13.3. The van der Waals surface area contributed by atoms with Gasteiger partial charge in [0.25, 0.3) is 0 Å². The van der Waals surface area contributed by atoms with Crippen molar-refractivity contribution in [3.8, 4) is 0 Å². The van der Waals surface area contributed by atoms with E-state index >= 15 is 0 Å². The molecule has 0 aliphatic heterocycles. The Morgan fingerprint density at radius 3 is 2.33 bits per heavy atom. The lowest BCUT2D eigenvalue weighted by atomic mass is 10.2. The van der Waals surface area contributed by atoms with Crippen LogP contribution in [0.3, 0.4) is 0 Å². The molecule has 1 atom stereocenters. The van der Waals surface area contributed by atoms with Crippen LogP contribution < -0.4 is 5.32 Å². The quantitative estimate of drug-likeness (QED) is 0.774. The lowest BCUT2D eigenvalue weighted by molar-refractivity contribution is 0.142. The van der Waals surface area contributed by atoms with Crippen LogP contribution in [0.1, 0.15) is 27.7 Å². The Labute approximate surface area is 129 Å². The van der Waals surface area contributed by atoms with Crippen molar-refractivity contribution in [1.29, 1.82) is 0 Å². The lowest BCUT2D eigenvalue weighted by Crippen LogP contribution is -2.35. The van der Waals surface area contributed by atoms with Gasteiger partial charge in [-0.3, -0.25) is 5.32 Å². The average molecular weight is 305 g/mol. The molecule has 1 N–H and O–H groups in total. The van der Waals surface area contributed by atoms with E-state index in [4.69, 9.17) is 4.74 Å². The van der Waals surface area contributed by atoms with Gasteiger partial charge < -0.3 is 4.74 Å². The molecule has 0 unspecified atom stereocenters. The highest BCUT2D eigenvalue weighted by molar-refractivity contribution is 6.84. The fourth-order valence-corrected chi connectivity index (χ4v) is 2.76. The largest absolute Gasteiger partial charge is 0.442 e. The SMILES string of the molecule is C[C@H](/C=C/[Si](C)(C)C(C)(C)C)OC(=O)Nc1ccccc1. The van der Waals surface area contributed by atoms with E-state index in [2.05, 4.69) is 44.9 Å². The summed E-state index contributed by atoms with van der Waals surface area (Å²) in [6.07, 6.45) is 1.35. The summed E-state index contributed by atoms with van der Waals surface area (Å²) in [5, 5.41) is 3.00. The number of rotatable bonds is 4. The van der Waals surface area contributed by atoms with Gasteiger partial charge in [-0.15, -0.1) is 0 Å². The van der Waals surface area contributed by atoms with Gasteiger partial charge in [-0.05, 0) is 24.1 Å². The number of carbonyl (C=O) groups excluding carboxylic acids is 1. The van der Waals surface area contributed by atoms with Gasteiger partial charge in [0.15, 0.2) is 0 Å². The summed E-state index contributed by atoms with van der Waals surface area (Å²) in [7, 11) is -1.49. The molecule has 0 spiro atoms. The van der Waals surface area contributed by atoms with Gasteiger partial charge in [0, 0.05) is 5.69 Å². The summed E-state index contributed by atoms with van der Waals surface area (Å²) >= 11 is 0. The predicted octanol–water partition coefficient (Wildman–Crippen LogP) is 5.23. The van der Waals surface area contributed by atoms with E-state index in [9.17, 15) is 4.79 Å². The minimum absolute atomic E-state index is 0.233. The van der Waals surface area contributed by atoms with Crippen molar-refractivity contribution in [3.63, 3.8) is 0 Å². The number of nitrogens with one attached hydrogen (secondary N) is 1. The molecule has 1 aromatic rings. The van der Waals surface area contributed by atoms with E-state index in [1.807, 2.05) is 43.3 Å². The second kappa shape index (κ2) is 6.94. The molecular formula is C17H27NO2Si. The molecule has 0 radical (unpaired) electrons. The van der Waals surface area contributed by atoms with Crippen molar-refractivity contribution in [3.05, 3.63) is 42.1 Å². The third kappa shape index (κ3) is 5.75. The summed E-state index contributed by atoms with van der Waals surface area (Å²) in [6, 6.07) is 9.31. The minimum atomic E-state index is -1.49. The van der Waals surface area contributed by atoms with Crippen molar-refractivity contribution in [2.75, 3.05) is 5.32 Å². The monoisotopic (exact) mass is 305 g/mol. The van der Waals surface area contributed by atoms with Gasteiger partial charge in [0.2, 0.25) is 0 Å². The highest BCUT2D eigenvalue weighted by Gasteiger charge is 2.32. The second-order valence-electron chi connectivity index (χ2n) is 6.93. The molecule has 116 valence electrons. The van der Waals surface area contributed by atoms with Gasteiger partial charge in [0.05, 0.1) is 8.07 Å². The molecule has 0 heterocycles. The maximum Gasteiger partial charge on any atom is 0.412 e. The summed E-state index contributed by atoms with van der Waals surface area (Å²) in [4.78, 5) is 11.8. The summed E-state index contributed by atoms with van der Waals surface area (Å²) in [5.74, 6) is 0. The maximum atomic E-state index is 11.8. The minimum Gasteiger partial charge on any atom is -0.442 e. The lowest BCUT2D eigenvalue weighted by Gasteiger charge is -2.34. The van der Waals surface area contributed by atoms with Crippen LogP contribution in [0.5, 0.6) is 0 Å². The number of hydrogen-bond donors (Lipinski definition) is 1. The Balaban J connectivity index is 2.54. The maximum absolute atomic E-state index is 11.8. The Kier molecular flexibility index (Phi) is 5.78. The molecule has 0 saturated carbocycles. The second-order valence-corrected chi connectivity index (χ2v) is 12.2. The molecule has 1 aromatic carbocycles. The highest BCUT2D eigenvalue weighted by Crippen LogP contribution is 2.36. The van der Waals surface area contributed by atoms with Crippen LogP contribution in [0.25, 0.3) is 0 Å². The molecule has 1 amide bonds. The van der Waals surface area contributed by atoms with E-state index in [0.29, 0.717) is 0 Å². The van der Waals surface area contributed by atoms with Crippen LogP contribution in [-0.2, 0) is 4.74 Å². The highest BCUT2D eigenvalue weighted by atomic mass is 28.3. The molecule has 0 aromatic heterocycles. The standard InChI is InChI=1S/C17H27NO2Si/c1-14(12-13-21(5,6)17(2,3)4)20-16(19)18-15-10-8-7-9-11-15/h7-14H,1-6H3,(H,18,19)/b13-12+/t14-/m1/s1. The zero-order valence-electron chi connectivity index (χ0n) is 13.9. The third-order valence-corrected chi connectivity index (χ3v) is 8.92. The molecule has 0 bridgehead atoms. The number of hydrogen-bond acceptors (Lipinski definition) is 2. The number of para-hydroxylation sites is 1. The average Bonchev–Trinajstić information content (AvgIpc) is 2.36. The van der Waals surface area contributed by atoms with Crippen LogP contribution in [0.2, 0.25) is 18.1 Å². The first-order valence-electron chi connectivity index (χ1n) is 7.34. The Bertz CT molecular complexity index is 489. The summed E-state index contributed by atoms with van der Waals surface area (Å²) in [5.41, 5.74) is 3.00. The number of amides is 1. The van der Waals surface area contributed by atoms with Crippen molar-refractivity contribution in [2.24, 2.45) is 0 Å². The van der Waals surface area contributed by atoms with E-state index in [1.165, 1.54) is 0 Å². The predicted molar refractivity (Wildman–Crippen MR) is 92.3 cm³/mol. The van der Waals surface area contributed by atoms with Crippen molar-refractivity contribution >= 4 is 19.9 Å². The van der Waals surface area contributed by atoms with Crippen molar-refractivity contribution < 1.29 is 9.53 Å². The number of anilines is 1. The number of ether oxygens (including phenoxy) is 1. The van der Waals surface area contributed by atoms with Crippen LogP contribution in [0.4, 0.5) is 10.5 Å². The number of benzene rings is 1. The van der Waals surface area contributed by atoms with Crippen LogP contribution in [0.15, 0.2) is 42.1 Å². The zero-order valence-corrected chi connectivity index (χ0v) is 14.9. The van der Waals surface area contributed by atoms with Crippen LogP contribution in [0, 0.1) is 0 Å². The Morgan fingerprint density at radius 2 is 1.81 bits per heavy atom. The van der Waals surface area contributed by atoms with E-state index in [0.717, 1.165) is 5.69 Å². The molecule has 1 rings (SSSR count). The van der Waals surface area contributed by atoms with Gasteiger partial charge in [0.1, 0.15) is 6.10 Å². The van der Waals surface area contributed by atoms with Gasteiger partial charge in [-0.1, -0.05) is 63.8 Å². The van der Waals surface area contributed by atoms with Gasteiger partial charge >= 0.3 is 6.09 Å². The molecule has 0 aliphatic rings. The van der Waals surface area contributed by atoms with Gasteiger partial charge in [-0.25, -0.2) is 4.79 Å². The Morgan fingerprint density at radius 1 is 1.24 bits per heavy atom. The molecular weight excluding hydrogens is 278 g/mol. The topological polar surface area (TPSA) is 38.3 Å². The molecule has 3 nitrogen and oxygen atoms in total. The van der Waals surface area contributed by atoms with E-state index in [1.54, 1.807) is 0 Å². The smallest absolute Gasteiger partial charge is 0.412 e.